The van der Waals surface area contributed by atoms with Crippen LogP contribution < -0.4 is 10.6 Å². The van der Waals surface area contributed by atoms with E-state index in [0.717, 1.165) is 37.8 Å². The second kappa shape index (κ2) is 5.26. The Balaban J connectivity index is 1.50. The van der Waals surface area contributed by atoms with Gasteiger partial charge in [0.2, 0.25) is 0 Å². The molecule has 124 valence electrons. The molecule has 2 amide bonds. The van der Waals surface area contributed by atoms with E-state index < -0.39 is 5.54 Å². The van der Waals surface area contributed by atoms with Crippen LogP contribution in [0.3, 0.4) is 0 Å². The van der Waals surface area contributed by atoms with Crippen molar-refractivity contribution < 1.29 is 9.53 Å². The summed E-state index contributed by atoms with van der Waals surface area (Å²) in [5, 5.41) is 5.72. The number of carbonyl (C=O) groups is 1. The quantitative estimate of drug-likeness (QED) is 0.710. The second-order valence-electron chi connectivity index (χ2n) is 6.88. The third kappa shape index (κ3) is 2.59. The maximum Gasteiger partial charge on any atom is 0.315 e. The summed E-state index contributed by atoms with van der Waals surface area (Å²) in [7, 11) is 2.15. The Kier molecular flexibility index (Phi) is 3.33. The number of fused-ring (bicyclic) bond motifs is 1. The normalized spacial score (nSPS) is 36.8. The largest absolute Gasteiger partial charge is 0.486 e. The molecule has 0 aromatic heterocycles. The van der Waals surface area contributed by atoms with Crippen molar-refractivity contribution in [2.24, 2.45) is 4.99 Å². The number of piperazine rings is 1. The third-order valence-electron chi connectivity index (χ3n) is 5.00. The third-order valence-corrected chi connectivity index (χ3v) is 5.00. The minimum absolute atomic E-state index is 0.000942. The molecule has 7 heteroatoms. The highest BCUT2D eigenvalue weighted by molar-refractivity contribution is 5.94. The van der Waals surface area contributed by atoms with Gasteiger partial charge in [-0.15, -0.1) is 0 Å². The molecule has 4 aliphatic heterocycles. The molecule has 3 atom stereocenters. The van der Waals surface area contributed by atoms with Gasteiger partial charge >= 0.3 is 6.03 Å². The van der Waals surface area contributed by atoms with Gasteiger partial charge in [-0.2, -0.15) is 0 Å². The number of carbonyl (C=O) groups excluding carboxylic acids is 1. The molecule has 0 aliphatic carbocycles. The van der Waals surface area contributed by atoms with Crippen molar-refractivity contribution in [1.29, 1.82) is 0 Å². The predicted molar refractivity (Wildman–Crippen MR) is 87.3 cm³/mol. The van der Waals surface area contributed by atoms with E-state index in [9.17, 15) is 4.79 Å². The van der Waals surface area contributed by atoms with E-state index in [1.54, 1.807) is 0 Å². The van der Waals surface area contributed by atoms with Gasteiger partial charge in [0.1, 0.15) is 29.3 Å². The molecule has 23 heavy (non-hydrogen) atoms. The van der Waals surface area contributed by atoms with Crippen molar-refractivity contribution >= 4 is 11.9 Å². The highest BCUT2D eigenvalue weighted by Gasteiger charge is 2.43. The maximum absolute atomic E-state index is 11.5. The Hall–Kier alpha value is -2.02. The number of likely N-dealkylation sites (N-methyl/N-ethyl adjacent to an activating group) is 1. The van der Waals surface area contributed by atoms with Crippen molar-refractivity contribution in [1.82, 2.24) is 20.4 Å². The molecule has 0 bridgehead atoms. The van der Waals surface area contributed by atoms with Crippen LogP contribution in [0.4, 0.5) is 4.79 Å². The average molecular weight is 317 g/mol. The second-order valence-corrected chi connectivity index (χ2v) is 6.88. The first-order valence-electron chi connectivity index (χ1n) is 8.18. The Labute approximate surface area is 136 Å². The van der Waals surface area contributed by atoms with E-state index in [1.807, 2.05) is 6.92 Å². The zero-order chi connectivity index (χ0) is 16.0. The van der Waals surface area contributed by atoms with Crippen LogP contribution in [0.1, 0.15) is 6.92 Å². The minimum atomic E-state index is -0.480. The Bertz CT molecular complexity index is 606. The lowest BCUT2D eigenvalue weighted by Gasteiger charge is -2.35. The number of nitrogens with zero attached hydrogens (tertiary/aromatic N) is 3. The molecule has 2 fully saturated rings. The van der Waals surface area contributed by atoms with Crippen molar-refractivity contribution in [3.8, 4) is 0 Å². The summed E-state index contributed by atoms with van der Waals surface area (Å²) in [4.78, 5) is 21.0. The molecule has 0 spiro atoms. The number of amidine groups is 1. The van der Waals surface area contributed by atoms with E-state index in [0.29, 0.717) is 6.54 Å². The van der Waals surface area contributed by atoms with Crippen LogP contribution in [-0.4, -0.2) is 79.1 Å². The van der Waals surface area contributed by atoms with Crippen molar-refractivity contribution in [3.05, 3.63) is 24.0 Å². The Morgan fingerprint density at radius 1 is 1.35 bits per heavy atom. The van der Waals surface area contributed by atoms with Crippen LogP contribution in [0.25, 0.3) is 0 Å². The number of aliphatic imine (C=N–C) groups is 1. The SMILES string of the molecule is CN1CCN(C2=NC3C=C(C4(C)CNC(=O)N4)OC3C=C2)CC1. The average Bonchev–Trinajstić information content (AvgIpc) is 3.12. The monoisotopic (exact) mass is 317 g/mol. The standard InChI is InChI=1S/C16H23N5O2/c1-16(10-17-15(22)19-16)13-9-11-12(23-13)3-4-14(18-11)21-7-5-20(2)6-8-21/h3-4,9,11-12H,5-8,10H2,1-2H3,(H2,17,19,22). The molecule has 4 rings (SSSR count). The molecule has 3 unspecified atom stereocenters. The number of ether oxygens (including phenoxy) is 1. The molecule has 0 saturated carbocycles. The molecule has 4 heterocycles. The number of hydrogen-bond donors (Lipinski definition) is 2. The van der Waals surface area contributed by atoms with Gasteiger partial charge < -0.3 is 25.2 Å². The molecule has 7 nitrogen and oxygen atoms in total. The van der Waals surface area contributed by atoms with Gasteiger partial charge in [-0.1, -0.05) is 0 Å². The lowest BCUT2D eigenvalue weighted by Crippen LogP contribution is -2.47. The van der Waals surface area contributed by atoms with Gasteiger partial charge in [-0.05, 0) is 32.2 Å². The summed E-state index contributed by atoms with van der Waals surface area (Å²) >= 11 is 0. The van der Waals surface area contributed by atoms with Crippen LogP contribution in [0.5, 0.6) is 0 Å². The van der Waals surface area contributed by atoms with Crippen molar-refractivity contribution in [2.75, 3.05) is 39.8 Å². The fourth-order valence-corrected chi connectivity index (χ4v) is 3.43. The number of amides is 2. The van der Waals surface area contributed by atoms with E-state index in [4.69, 9.17) is 9.73 Å². The van der Waals surface area contributed by atoms with Crippen LogP contribution >= 0.6 is 0 Å². The first kappa shape index (κ1) is 14.6. The summed E-state index contributed by atoms with van der Waals surface area (Å²) in [6, 6.07) is -0.150. The topological polar surface area (TPSA) is 69.2 Å². The number of rotatable bonds is 1. The number of hydrogen-bond acceptors (Lipinski definition) is 5. The first-order chi connectivity index (χ1) is 11.0. The summed E-state index contributed by atoms with van der Waals surface area (Å²) in [5.74, 6) is 1.85. The van der Waals surface area contributed by atoms with Gasteiger partial charge in [0.05, 0.1) is 0 Å². The molecule has 0 radical (unpaired) electrons. The van der Waals surface area contributed by atoms with Crippen molar-refractivity contribution in [2.45, 2.75) is 24.6 Å². The van der Waals surface area contributed by atoms with E-state index in [1.165, 1.54) is 0 Å². The highest BCUT2D eigenvalue weighted by atomic mass is 16.5. The lowest BCUT2D eigenvalue weighted by atomic mass is 10.0. The molecular formula is C16H23N5O2. The predicted octanol–water partition coefficient (Wildman–Crippen LogP) is -0.0751. The molecular weight excluding hydrogens is 294 g/mol. The molecule has 0 aromatic carbocycles. The summed E-state index contributed by atoms with van der Waals surface area (Å²) in [5.41, 5.74) is -0.480. The maximum atomic E-state index is 11.5. The van der Waals surface area contributed by atoms with Gasteiger partial charge in [-0.3, -0.25) is 4.99 Å². The van der Waals surface area contributed by atoms with Crippen molar-refractivity contribution in [3.63, 3.8) is 0 Å². The van der Waals surface area contributed by atoms with E-state index in [2.05, 4.69) is 45.7 Å². The van der Waals surface area contributed by atoms with Gasteiger partial charge in [0.15, 0.2) is 0 Å². The van der Waals surface area contributed by atoms with E-state index in [-0.39, 0.29) is 18.2 Å². The van der Waals surface area contributed by atoms with Crippen LogP contribution in [0.15, 0.2) is 29.0 Å². The minimum Gasteiger partial charge on any atom is -0.486 e. The Morgan fingerprint density at radius 2 is 2.13 bits per heavy atom. The van der Waals surface area contributed by atoms with Crippen LogP contribution in [0, 0.1) is 0 Å². The Morgan fingerprint density at radius 3 is 2.83 bits per heavy atom. The highest BCUT2D eigenvalue weighted by Crippen LogP contribution is 2.32. The zero-order valence-electron chi connectivity index (χ0n) is 13.6. The molecule has 0 aromatic rings. The number of urea groups is 1. The summed E-state index contributed by atoms with van der Waals surface area (Å²) < 4.78 is 6.04. The van der Waals surface area contributed by atoms with Gasteiger partial charge in [0.25, 0.3) is 0 Å². The van der Waals surface area contributed by atoms with Gasteiger partial charge in [-0.25, -0.2) is 4.79 Å². The fourth-order valence-electron chi connectivity index (χ4n) is 3.43. The smallest absolute Gasteiger partial charge is 0.315 e. The summed E-state index contributed by atoms with van der Waals surface area (Å²) in [6.07, 6.45) is 6.15. The zero-order valence-corrected chi connectivity index (χ0v) is 13.6. The fraction of sp³-hybridized carbons (Fsp3) is 0.625. The first-order valence-corrected chi connectivity index (χ1v) is 8.18. The van der Waals surface area contributed by atoms with Crippen LogP contribution in [-0.2, 0) is 4.74 Å². The van der Waals surface area contributed by atoms with Crippen LogP contribution in [0.2, 0.25) is 0 Å². The molecule has 4 aliphatic rings. The number of nitrogens with one attached hydrogen (secondary N) is 2. The summed E-state index contributed by atoms with van der Waals surface area (Å²) in [6.45, 7) is 6.65. The number of dihydropyridines is 1. The van der Waals surface area contributed by atoms with Gasteiger partial charge in [0, 0.05) is 32.7 Å². The lowest BCUT2D eigenvalue weighted by molar-refractivity contribution is 0.136. The molecule has 2 saturated heterocycles. The molecule has 2 N–H and O–H groups in total. The van der Waals surface area contributed by atoms with E-state index >= 15 is 0 Å².